The van der Waals surface area contributed by atoms with Crippen LogP contribution in [0.4, 0.5) is 0 Å². The van der Waals surface area contributed by atoms with Crippen LogP contribution in [-0.4, -0.2) is 64.0 Å². The fourth-order valence-electron chi connectivity index (χ4n) is 1.95. The third-order valence-electron chi connectivity index (χ3n) is 2.96. The normalized spacial score (nSPS) is 19.2. The van der Waals surface area contributed by atoms with Crippen molar-refractivity contribution in [2.75, 3.05) is 45.2 Å². The monoisotopic (exact) mass is 280 g/mol. The van der Waals surface area contributed by atoms with Crippen molar-refractivity contribution in [2.24, 2.45) is 5.73 Å². The third-order valence-corrected chi connectivity index (χ3v) is 4.79. The Balaban J connectivity index is 2.32. The minimum atomic E-state index is -3.17. The smallest absolute Gasteiger partial charge is 0.216 e. The van der Waals surface area contributed by atoms with E-state index in [4.69, 9.17) is 15.2 Å². The summed E-state index contributed by atoms with van der Waals surface area (Å²) in [5.74, 6) is 0.0646. The number of sulfonamides is 1. The largest absolute Gasteiger partial charge is 0.381 e. The number of piperidine rings is 1. The second-order valence-corrected chi connectivity index (χ2v) is 6.36. The van der Waals surface area contributed by atoms with E-state index in [9.17, 15) is 8.42 Å². The maximum Gasteiger partial charge on any atom is 0.216 e. The third kappa shape index (κ3) is 5.19. The van der Waals surface area contributed by atoms with Crippen molar-refractivity contribution in [1.29, 1.82) is 0 Å². The number of hydrogen-bond donors (Lipinski definition) is 1. The molecule has 0 amide bonds. The highest BCUT2D eigenvalue weighted by Crippen LogP contribution is 2.16. The van der Waals surface area contributed by atoms with Gasteiger partial charge in [-0.25, -0.2) is 12.7 Å². The predicted octanol–water partition coefficient (Wildman–Crippen LogP) is -0.208. The second kappa shape index (κ2) is 8.06. The average Bonchev–Trinajstić information content (AvgIpc) is 2.37. The van der Waals surface area contributed by atoms with E-state index < -0.39 is 10.0 Å². The van der Waals surface area contributed by atoms with E-state index in [1.807, 2.05) is 6.92 Å². The summed E-state index contributed by atoms with van der Waals surface area (Å²) in [6, 6.07) is 0. The van der Waals surface area contributed by atoms with Gasteiger partial charge < -0.3 is 15.2 Å². The average molecular weight is 280 g/mol. The number of rotatable bonds is 8. The van der Waals surface area contributed by atoms with Gasteiger partial charge in [0.1, 0.15) is 0 Å². The van der Waals surface area contributed by atoms with Gasteiger partial charge in [0.15, 0.2) is 0 Å². The summed E-state index contributed by atoms with van der Waals surface area (Å²) < 4.78 is 36.1. The fourth-order valence-corrected chi connectivity index (χ4v) is 3.30. The second-order valence-electron chi connectivity index (χ2n) is 4.27. The summed E-state index contributed by atoms with van der Waals surface area (Å²) in [4.78, 5) is 0. The number of ether oxygens (including phenoxy) is 2. The molecule has 1 saturated heterocycles. The Bertz CT molecular complexity index is 313. The molecular weight excluding hydrogens is 256 g/mol. The van der Waals surface area contributed by atoms with E-state index in [2.05, 4.69) is 0 Å². The molecule has 0 unspecified atom stereocenters. The number of nitrogens with zero attached hydrogens (tertiary/aromatic N) is 1. The van der Waals surface area contributed by atoms with Crippen LogP contribution in [0.1, 0.15) is 19.8 Å². The zero-order chi connectivity index (χ0) is 13.4. The summed E-state index contributed by atoms with van der Waals surface area (Å²) in [5.41, 5.74) is 5.37. The molecule has 108 valence electrons. The molecule has 0 bridgehead atoms. The van der Waals surface area contributed by atoms with E-state index in [-0.39, 0.29) is 18.5 Å². The van der Waals surface area contributed by atoms with Gasteiger partial charge in [0.2, 0.25) is 10.0 Å². The lowest BCUT2D eigenvalue weighted by atomic mass is 10.1. The Morgan fingerprint density at radius 2 is 1.94 bits per heavy atom. The van der Waals surface area contributed by atoms with Crippen LogP contribution in [0, 0.1) is 0 Å². The molecule has 1 aliphatic heterocycles. The maximum absolute atomic E-state index is 12.0. The van der Waals surface area contributed by atoms with Crippen LogP contribution in [0.5, 0.6) is 0 Å². The first-order valence-electron chi connectivity index (χ1n) is 6.47. The fraction of sp³-hybridized carbons (Fsp3) is 1.00. The van der Waals surface area contributed by atoms with E-state index in [0.29, 0.717) is 32.8 Å². The van der Waals surface area contributed by atoms with Crippen molar-refractivity contribution in [3.8, 4) is 0 Å². The van der Waals surface area contributed by atoms with Crippen molar-refractivity contribution in [3.05, 3.63) is 0 Å². The molecule has 0 atom stereocenters. The number of nitrogens with two attached hydrogens (primary N) is 1. The minimum absolute atomic E-state index is 0.0646. The maximum atomic E-state index is 12.0. The lowest BCUT2D eigenvalue weighted by molar-refractivity contribution is 0.0256. The number of hydrogen-bond acceptors (Lipinski definition) is 5. The SMILES string of the molecule is CCOCCS(=O)(=O)N1CCC(OCCN)CC1. The molecule has 18 heavy (non-hydrogen) atoms. The summed E-state index contributed by atoms with van der Waals surface area (Å²) in [5, 5.41) is 0. The molecule has 1 aliphatic rings. The summed E-state index contributed by atoms with van der Waals surface area (Å²) in [7, 11) is -3.17. The van der Waals surface area contributed by atoms with Crippen molar-refractivity contribution in [3.63, 3.8) is 0 Å². The highest BCUT2D eigenvalue weighted by atomic mass is 32.2. The molecule has 2 N–H and O–H groups in total. The van der Waals surface area contributed by atoms with Gasteiger partial charge in [-0.3, -0.25) is 0 Å². The van der Waals surface area contributed by atoms with Gasteiger partial charge >= 0.3 is 0 Å². The van der Waals surface area contributed by atoms with Gasteiger partial charge in [0, 0.05) is 26.2 Å². The molecule has 1 fully saturated rings. The van der Waals surface area contributed by atoms with Crippen molar-refractivity contribution in [1.82, 2.24) is 4.31 Å². The molecule has 0 saturated carbocycles. The van der Waals surface area contributed by atoms with Crippen molar-refractivity contribution >= 4 is 10.0 Å². The Labute approximate surface area is 109 Å². The highest BCUT2D eigenvalue weighted by Gasteiger charge is 2.27. The molecule has 0 aromatic carbocycles. The first kappa shape index (κ1) is 15.8. The Hall–Kier alpha value is -0.210. The molecular formula is C11H24N2O4S. The van der Waals surface area contributed by atoms with Crippen LogP contribution in [0.3, 0.4) is 0 Å². The molecule has 0 aromatic rings. The van der Waals surface area contributed by atoms with Gasteiger partial charge in [0.25, 0.3) is 0 Å². The first-order chi connectivity index (χ1) is 8.60. The molecule has 0 aliphatic carbocycles. The van der Waals surface area contributed by atoms with Gasteiger partial charge in [-0.15, -0.1) is 0 Å². The van der Waals surface area contributed by atoms with Crippen molar-refractivity contribution < 1.29 is 17.9 Å². The van der Waals surface area contributed by atoms with E-state index in [1.165, 1.54) is 4.31 Å². The molecule has 6 nitrogen and oxygen atoms in total. The topological polar surface area (TPSA) is 81.9 Å². The lowest BCUT2D eigenvalue weighted by Gasteiger charge is -2.31. The highest BCUT2D eigenvalue weighted by molar-refractivity contribution is 7.89. The molecule has 7 heteroatoms. The predicted molar refractivity (Wildman–Crippen MR) is 69.9 cm³/mol. The van der Waals surface area contributed by atoms with E-state index >= 15 is 0 Å². The van der Waals surface area contributed by atoms with Crippen LogP contribution in [0.25, 0.3) is 0 Å². The van der Waals surface area contributed by atoms with Crippen LogP contribution in [0.15, 0.2) is 0 Å². The first-order valence-corrected chi connectivity index (χ1v) is 8.08. The Morgan fingerprint density at radius 3 is 2.50 bits per heavy atom. The van der Waals surface area contributed by atoms with Gasteiger partial charge in [-0.1, -0.05) is 0 Å². The summed E-state index contributed by atoms with van der Waals surface area (Å²) in [6.07, 6.45) is 1.63. The van der Waals surface area contributed by atoms with Crippen LogP contribution >= 0.6 is 0 Å². The summed E-state index contributed by atoms with van der Waals surface area (Å²) in [6.45, 7) is 4.78. The van der Waals surface area contributed by atoms with Crippen molar-refractivity contribution in [2.45, 2.75) is 25.9 Å². The van der Waals surface area contributed by atoms with Crippen LogP contribution in [0.2, 0.25) is 0 Å². The Kier molecular flexibility index (Phi) is 7.10. The zero-order valence-electron chi connectivity index (χ0n) is 11.0. The Morgan fingerprint density at radius 1 is 1.28 bits per heavy atom. The molecule has 0 aromatic heterocycles. The minimum Gasteiger partial charge on any atom is -0.381 e. The van der Waals surface area contributed by atoms with Crippen LogP contribution < -0.4 is 5.73 Å². The standard InChI is InChI=1S/C11H24N2O4S/c1-2-16-9-10-18(14,15)13-6-3-11(4-7-13)17-8-5-12/h11H,2-10,12H2,1H3. The molecule has 0 radical (unpaired) electrons. The summed E-state index contributed by atoms with van der Waals surface area (Å²) >= 11 is 0. The lowest BCUT2D eigenvalue weighted by Crippen LogP contribution is -2.42. The molecule has 1 rings (SSSR count). The van der Waals surface area contributed by atoms with Gasteiger partial charge in [-0.05, 0) is 19.8 Å². The van der Waals surface area contributed by atoms with Gasteiger partial charge in [-0.2, -0.15) is 0 Å². The molecule has 1 heterocycles. The zero-order valence-corrected chi connectivity index (χ0v) is 11.8. The van der Waals surface area contributed by atoms with E-state index in [0.717, 1.165) is 12.8 Å². The molecule has 0 spiro atoms. The van der Waals surface area contributed by atoms with Gasteiger partial charge in [0.05, 0.1) is 25.1 Å². The van der Waals surface area contributed by atoms with Crippen LogP contribution in [-0.2, 0) is 19.5 Å². The van der Waals surface area contributed by atoms with E-state index in [1.54, 1.807) is 0 Å². The quantitative estimate of drug-likeness (QED) is 0.622.